The van der Waals surface area contributed by atoms with Gasteiger partial charge in [-0.05, 0) is 18.2 Å². The lowest BCUT2D eigenvalue weighted by Crippen LogP contribution is -2.14. The van der Waals surface area contributed by atoms with Crippen molar-refractivity contribution in [2.45, 2.75) is 5.03 Å². The number of benzene rings is 3. The van der Waals surface area contributed by atoms with E-state index in [-0.39, 0.29) is 17.4 Å². The number of hydrogen-bond donors (Lipinski definition) is 2. The molecule has 2 N–H and O–H groups in total. The first-order chi connectivity index (χ1) is 13.7. The van der Waals surface area contributed by atoms with Crippen molar-refractivity contribution >= 4 is 34.3 Å². The van der Waals surface area contributed by atoms with Crippen molar-refractivity contribution in [2.24, 2.45) is 0 Å². The van der Waals surface area contributed by atoms with Crippen molar-refractivity contribution < 1.29 is 9.90 Å². The topological polar surface area (TPSA) is 75.1 Å². The number of amides is 1. The molecular weight excluding hydrogens is 370 g/mol. The van der Waals surface area contributed by atoms with Crippen LogP contribution in [0.1, 0.15) is 0 Å². The normalized spacial score (nSPS) is 10.7. The van der Waals surface area contributed by atoms with Crippen LogP contribution in [0.4, 0.5) is 5.69 Å². The van der Waals surface area contributed by atoms with E-state index in [1.165, 1.54) is 17.8 Å². The highest BCUT2D eigenvalue weighted by atomic mass is 32.2. The van der Waals surface area contributed by atoms with Crippen LogP contribution in [0.5, 0.6) is 5.75 Å². The molecule has 1 aromatic heterocycles. The average molecular weight is 387 g/mol. The van der Waals surface area contributed by atoms with Crippen LogP contribution in [0.3, 0.4) is 0 Å². The van der Waals surface area contributed by atoms with Gasteiger partial charge in [-0.25, -0.2) is 9.97 Å². The lowest BCUT2D eigenvalue weighted by atomic mass is 10.2. The standard InChI is InChI=1S/C22H17N3O2S/c26-19-13-7-6-12-18(19)23-20(27)14-28-22-16-10-4-5-11-17(16)24-21(25-22)15-8-2-1-3-9-15/h1-13,26H,14H2,(H,23,27). The molecule has 1 amide bonds. The highest BCUT2D eigenvalue weighted by molar-refractivity contribution is 8.00. The fourth-order valence-electron chi connectivity index (χ4n) is 2.77. The van der Waals surface area contributed by atoms with Crippen LogP contribution in [0, 0.1) is 0 Å². The number of carbonyl (C=O) groups is 1. The smallest absolute Gasteiger partial charge is 0.234 e. The maximum absolute atomic E-state index is 12.3. The first kappa shape index (κ1) is 18.0. The molecule has 0 fully saturated rings. The molecule has 3 aromatic carbocycles. The zero-order valence-electron chi connectivity index (χ0n) is 14.9. The van der Waals surface area contributed by atoms with E-state index in [2.05, 4.69) is 10.3 Å². The Hall–Kier alpha value is -3.38. The molecule has 0 saturated heterocycles. The van der Waals surface area contributed by atoms with Crippen molar-refractivity contribution in [2.75, 3.05) is 11.1 Å². The molecule has 4 rings (SSSR count). The van der Waals surface area contributed by atoms with Crippen LogP contribution in [-0.2, 0) is 4.79 Å². The van der Waals surface area contributed by atoms with Gasteiger partial charge in [0.2, 0.25) is 5.91 Å². The molecule has 0 atom stereocenters. The van der Waals surface area contributed by atoms with E-state index >= 15 is 0 Å². The van der Waals surface area contributed by atoms with Gasteiger partial charge in [-0.2, -0.15) is 0 Å². The Bertz CT molecular complexity index is 1130. The zero-order valence-corrected chi connectivity index (χ0v) is 15.7. The Morgan fingerprint density at radius 1 is 0.893 bits per heavy atom. The monoisotopic (exact) mass is 387 g/mol. The number of aromatic nitrogens is 2. The summed E-state index contributed by atoms with van der Waals surface area (Å²) in [4.78, 5) is 21.7. The average Bonchev–Trinajstić information content (AvgIpc) is 2.74. The van der Waals surface area contributed by atoms with Gasteiger partial charge in [0.05, 0.1) is 17.0 Å². The number of carbonyl (C=O) groups excluding carboxylic acids is 1. The van der Waals surface area contributed by atoms with E-state index in [1.807, 2.05) is 54.6 Å². The molecule has 6 heteroatoms. The number of thioether (sulfide) groups is 1. The number of phenols is 1. The summed E-state index contributed by atoms with van der Waals surface area (Å²) in [6.45, 7) is 0. The second-order valence-electron chi connectivity index (χ2n) is 6.09. The van der Waals surface area contributed by atoms with Crippen molar-refractivity contribution in [3.8, 4) is 17.1 Å². The van der Waals surface area contributed by atoms with Gasteiger partial charge >= 0.3 is 0 Å². The number of rotatable bonds is 5. The predicted molar refractivity (Wildman–Crippen MR) is 112 cm³/mol. The molecule has 0 saturated carbocycles. The Morgan fingerprint density at radius 2 is 1.61 bits per heavy atom. The van der Waals surface area contributed by atoms with Crippen LogP contribution < -0.4 is 5.32 Å². The van der Waals surface area contributed by atoms with Gasteiger partial charge in [0.15, 0.2) is 5.82 Å². The Balaban J connectivity index is 1.59. The molecule has 0 bridgehead atoms. The summed E-state index contributed by atoms with van der Waals surface area (Å²) in [5.41, 5.74) is 2.15. The largest absolute Gasteiger partial charge is 0.506 e. The molecule has 1 heterocycles. The Kier molecular flexibility index (Phi) is 5.21. The zero-order chi connectivity index (χ0) is 19.3. The number of aromatic hydroxyl groups is 1. The van der Waals surface area contributed by atoms with Crippen LogP contribution in [0.2, 0.25) is 0 Å². The molecule has 0 aliphatic carbocycles. The van der Waals surface area contributed by atoms with E-state index in [0.29, 0.717) is 11.5 Å². The molecular formula is C22H17N3O2S. The number of fused-ring (bicyclic) bond motifs is 1. The fourth-order valence-corrected chi connectivity index (χ4v) is 3.59. The number of hydrogen-bond acceptors (Lipinski definition) is 5. The van der Waals surface area contributed by atoms with E-state index in [9.17, 15) is 9.90 Å². The summed E-state index contributed by atoms with van der Waals surface area (Å²) in [7, 11) is 0. The molecule has 138 valence electrons. The first-order valence-electron chi connectivity index (χ1n) is 8.73. The van der Waals surface area contributed by atoms with Gasteiger partial charge in [-0.1, -0.05) is 72.4 Å². The summed E-state index contributed by atoms with van der Waals surface area (Å²) >= 11 is 1.35. The van der Waals surface area contributed by atoms with Crippen LogP contribution in [0.15, 0.2) is 83.9 Å². The number of para-hydroxylation sites is 3. The molecule has 0 radical (unpaired) electrons. The number of nitrogens with zero attached hydrogens (tertiary/aromatic N) is 2. The van der Waals surface area contributed by atoms with Crippen molar-refractivity contribution in [3.05, 3.63) is 78.9 Å². The lowest BCUT2D eigenvalue weighted by Gasteiger charge is -2.09. The molecule has 5 nitrogen and oxygen atoms in total. The molecule has 0 spiro atoms. The van der Waals surface area contributed by atoms with E-state index < -0.39 is 0 Å². The van der Waals surface area contributed by atoms with Gasteiger partial charge in [0.1, 0.15) is 10.8 Å². The van der Waals surface area contributed by atoms with E-state index in [1.54, 1.807) is 18.2 Å². The van der Waals surface area contributed by atoms with Gasteiger partial charge < -0.3 is 10.4 Å². The van der Waals surface area contributed by atoms with Gasteiger partial charge in [0, 0.05) is 10.9 Å². The predicted octanol–water partition coefficient (Wildman–Crippen LogP) is 4.73. The summed E-state index contributed by atoms with van der Waals surface area (Å²) < 4.78 is 0. The quantitative estimate of drug-likeness (QED) is 0.294. The Labute approximate surface area is 166 Å². The minimum atomic E-state index is -0.213. The first-order valence-corrected chi connectivity index (χ1v) is 9.72. The fraction of sp³-hybridized carbons (Fsp3) is 0.0455. The number of anilines is 1. The molecule has 0 aliphatic rings. The van der Waals surface area contributed by atoms with E-state index in [4.69, 9.17) is 4.98 Å². The third kappa shape index (κ3) is 3.97. The second-order valence-corrected chi connectivity index (χ2v) is 7.05. The highest BCUT2D eigenvalue weighted by Gasteiger charge is 2.12. The summed E-state index contributed by atoms with van der Waals surface area (Å²) in [6, 6.07) is 24.2. The second kappa shape index (κ2) is 8.10. The van der Waals surface area contributed by atoms with Gasteiger partial charge in [-0.15, -0.1) is 0 Å². The minimum Gasteiger partial charge on any atom is -0.506 e. The van der Waals surface area contributed by atoms with Crippen LogP contribution >= 0.6 is 11.8 Å². The van der Waals surface area contributed by atoms with Crippen molar-refractivity contribution in [1.82, 2.24) is 9.97 Å². The number of nitrogens with one attached hydrogen (secondary N) is 1. The molecule has 4 aromatic rings. The third-order valence-electron chi connectivity index (χ3n) is 4.12. The maximum atomic E-state index is 12.3. The third-order valence-corrected chi connectivity index (χ3v) is 5.11. The van der Waals surface area contributed by atoms with Gasteiger partial charge in [0.25, 0.3) is 0 Å². The van der Waals surface area contributed by atoms with E-state index in [0.717, 1.165) is 21.5 Å². The summed E-state index contributed by atoms with van der Waals surface area (Å²) in [5.74, 6) is 0.627. The summed E-state index contributed by atoms with van der Waals surface area (Å²) in [6.07, 6.45) is 0. The minimum absolute atomic E-state index is 0.0414. The van der Waals surface area contributed by atoms with Gasteiger partial charge in [-0.3, -0.25) is 4.79 Å². The SMILES string of the molecule is O=C(CSc1nc(-c2ccccc2)nc2ccccc12)Nc1ccccc1O. The molecule has 28 heavy (non-hydrogen) atoms. The maximum Gasteiger partial charge on any atom is 0.234 e. The molecule has 0 unspecified atom stereocenters. The van der Waals surface area contributed by atoms with Crippen molar-refractivity contribution in [3.63, 3.8) is 0 Å². The molecule has 0 aliphatic heterocycles. The van der Waals surface area contributed by atoms with Crippen LogP contribution in [-0.4, -0.2) is 26.7 Å². The van der Waals surface area contributed by atoms with Crippen LogP contribution in [0.25, 0.3) is 22.3 Å². The van der Waals surface area contributed by atoms with Crippen molar-refractivity contribution in [1.29, 1.82) is 0 Å². The Morgan fingerprint density at radius 3 is 2.43 bits per heavy atom. The lowest BCUT2D eigenvalue weighted by molar-refractivity contribution is -0.113. The number of phenolic OH excluding ortho intramolecular Hbond substituents is 1. The highest BCUT2D eigenvalue weighted by Crippen LogP contribution is 2.29. The summed E-state index contributed by atoms with van der Waals surface area (Å²) in [5, 5.41) is 14.2.